The number of rotatable bonds is 46. The summed E-state index contributed by atoms with van der Waals surface area (Å²) in [5.74, 6) is 1.04. The molecule has 0 aromatic heterocycles. The molecule has 0 radical (unpaired) electrons. The summed E-state index contributed by atoms with van der Waals surface area (Å²) in [5, 5.41) is 0. The van der Waals surface area contributed by atoms with Crippen LogP contribution in [-0.2, 0) is 0 Å². The van der Waals surface area contributed by atoms with Gasteiger partial charge in [-0.15, -0.1) is 0 Å². The Hall–Kier alpha value is 0. The van der Waals surface area contributed by atoms with E-state index in [1.807, 2.05) is 0 Å². The highest BCUT2D eigenvalue weighted by atomic mass is 14.1. The summed E-state index contributed by atoms with van der Waals surface area (Å²) in [6.07, 6.45) is 68.3. The molecule has 0 aromatic carbocycles. The van der Waals surface area contributed by atoms with Gasteiger partial charge in [-0.3, -0.25) is 0 Å². The van der Waals surface area contributed by atoms with Crippen LogP contribution in [0.25, 0.3) is 0 Å². The minimum atomic E-state index is 1.04. The van der Waals surface area contributed by atoms with Crippen LogP contribution in [0.1, 0.15) is 316 Å². The summed E-state index contributed by atoms with van der Waals surface area (Å²) in [7, 11) is 0. The molecule has 0 saturated carbocycles. The fraction of sp³-hybridized carbons (Fsp3) is 1.00. The monoisotopic (exact) mass is 703 g/mol. The first-order valence-electron chi connectivity index (χ1n) is 24.8. The topological polar surface area (TPSA) is 0 Å². The van der Waals surface area contributed by atoms with E-state index >= 15 is 0 Å². The van der Waals surface area contributed by atoms with Gasteiger partial charge in [-0.2, -0.15) is 0 Å². The Bertz CT molecular complexity index is 550. The molecule has 302 valence electrons. The predicted molar refractivity (Wildman–Crippen MR) is 233 cm³/mol. The van der Waals surface area contributed by atoms with Crippen molar-refractivity contribution in [2.24, 2.45) is 5.92 Å². The minimum absolute atomic E-state index is 1.04. The minimum Gasteiger partial charge on any atom is -0.0654 e. The second-order valence-corrected chi connectivity index (χ2v) is 17.4. The molecule has 0 saturated heterocycles. The number of hydrogen-bond acceptors (Lipinski definition) is 0. The maximum absolute atomic E-state index is 2.36. The SMILES string of the molecule is CCCCCCCCCCCCCCCCCCCCCCC(CCCCCC)CCCCCCCCCCCCCCCCCCCCC. The van der Waals surface area contributed by atoms with Gasteiger partial charge in [0.25, 0.3) is 0 Å². The summed E-state index contributed by atoms with van der Waals surface area (Å²) < 4.78 is 0. The maximum Gasteiger partial charge on any atom is -0.0414 e. The molecule has 0 aromatic rings. The van der Waals surface area contributed by atoms with E-state index in [9.17, 15) is 0 Å². The Morgan fingerprint density at radius 1 is 0.160 bits per heavy atom. The quantitative estimate of drug-likeness (QED) is 0.0554. The van der Waals surface area contributed by atoms with Crippen LogP contribution >= 0.6 is 0 Å². The Balaban J connectivity index is 3.55. The van der Waals surface area contributed by atoms with E-state index in [1.54, 1.807) is 0 Å². The van der Waals surface area contributed by atoms with Crippen LogP contribution in [0.2, 0.25) is 0 Å². The summed E-state index contributed by atoms with van der Waals surface area (Å²) in [6, 6.07) is 0. The van der Waals surface area contributed by atoms with Gasteiger partial charge in [0.15, 0.2) is 0 Å². The lowest BCUT2D eigenvalue weighted by Crippen LogP contribution is -2.01. The molecule has 0 bridgehead atoms. The second kappa shape index (κ2) is 47.0. The van der Waals surface area contributed by atoms with Gasteiger partial charge in [0.05, 0.1) is 0 Å². The van der Waals surface area contributed by atoms with Crippen LogP contribution in [0.5, 0.6) is 0 Å². The standard InChI is InChI=1S/C50H102/c1-4-7-10-13-15-17-19-21-23-25-27-29-31-33-35-37-39-41-43-46-49-50(47-44-12-9-6-3)48-45-42-40-38-36-34-32-30-28-26-24-22-20-18-16-14-11-8-5-2/h50H,4-49H2,1-3H3. The van der Waals surface area contributed by atoms with Crippen LogP contribution in [0, 0.1) is 5.92 Å². The lowest BCUT2D eigenvalue weighted by molar-refractivity contribution is 0.366. The van der Waals surface area contributed by atoms with Gasteiger partial charge in [0.1, 0.15) is 0 Å². The van der Waals surface area contributed by atoms with Crippen molar-refractivity contribution in [2.45, 2.75) is 316 Å². The molecule has 0 aliphatic heterocycles. The first-order chi connectivity index (χ1) is 24.8. The van der Waals surface area contributed by atoms with E-state index in [-0.39, 0.29) is 0 Å². The molecule has 0 fully saturated rings. The normalized spacial score (nSPS) is 12.3. The van der Waals surface area contributed by atoms with E-state index in [2.05, 4.69) is 20.8 Å². The van der Waals surface area contributed by atoms with E-state index < -0.39 is 0 Å². The largest absolute Gasteiger partial charge is 0.0654 e. The van der Waals surface area contributed by atoms with Crippen molar-refractivity contribution in [2.75, 3.05) is 0 Å². The smallest absolute Gasteiger partial charge is 0.0414 e. The molecule has 0 amide bonds. The first kappa shape index (κ1) is 50.0. The van der Waals surface area contributed by atoms with Crippen molar-refractivity contribution in [3.63, 3.8) is 0 Å². The Morgan fingerprint density at radius 2 is 0.280 bits per heavy atom. The van der Waals surface area contributed by atoms with E-state index in [4.69, 9.17) is 0 Å². The van der Waals surface area contributed by atoms with Crippen molar-refractivity contribution in [3.8, 4) is 0 Å². The van der Waals surface area contributed by atoms with Gasteiger partial charge in [-0.1, -0.05) is 316 Å². The predicted octanol–water partition coefficient (Wildman–Crippen LogP) is 19.6. The molecule has 0 heterocycles. The average molecular weight is 703 g/mol. The maximum atomic E-state index is 2.36. The van der Waals surface area contributed by atoms with Crippen LogP contribution in [0.3, 0.4) is 0 Å². The van der Waals surface area contributed by atoms with Crippen molar-refractivity contribution >= 4 is 0 Å². The molecule has 0 N–H and O–H groups in total. The average Bonchev–Trinajstić information content (AvgIpc) is 3.13. The van der Waals surface area contributed by atoms with Gasteiger partial charge < -0.3 is 0 Å². The van der Waals surface area contributed by atoms with Gasteiger partial charge in [0, 0.05) is 0 Å². The molecule has 0 rings (SSSR count). The van der Waals surface area contributed by atoms with Crippen LogP contribution in [0.15, 0.2) is 0 Å². The van der Waals surface area contributed by atoms with Gasteiger partial charge in [0.2, 0.25) is 0 Å². The Morgan fingerprint density at radius 3 is 0.440 bits per heavy atom. The first-order valence-corrected chi connectivity index (χ1v) is 24.8. The van der Waals surface area contributed by atoms with Gasteiger partial charge >= 0.3 is 0 Å². The fourth-order valence-electron chi connectivity index (χ4n) is 8.49. The summed E-state index contributed by atoms with van der Waals surface area (Å²) in [4.78, 5) is 0. The van der Waals surface area contributed by atoms with Crippen LogP contribution < -0.4 is 0 Å². The van der Waals surface area contributed by atoms with Crippen LogP contribution in [-0.4, -0.2) is 0 Å². The lowest BCUT2D eigenvalue weighted by atomic mass is 9.89. The van der Waals surface area contributed by atoms with E-state index in [1.165, 1.54) is 295 Å². The molecule has 0 aliphatic rings. The molecule has 1 unspecified atom stereocenters. The molecule has 1 atom stereocenters. The summed E-state index contributed by atoms with van der Waals surface area (Å²) in [6.45, 7) is 6.99. The molecule has 0 heteroatoms. The summed E-state index contributed by atoms with van der Waals surface area (Å²) in [5.41, 5.74) is 0. The number of hydrogen-bond donors (Lipinski definition) is 0. The van der Waals surface area contributed by atoms with Crippen molar-refractivity contribution in [3.05, 3.63) is 0 Å². The zero-order valence-electron chi connectivity index (χ0n) is 36.1. The van der Waals surface area contributed by atoms with Crippen molar-refractivity contribution in [1.29, 1.82) is 0 Å². The Kier molecular flexibility index (Phi) is 47.0. The van der Waals surface area contributed by atoms with E-state index in [0.717, 1.165) is 5.92 Å². The van der Waals surface area contributed by atoms with Crippen molar-refractivity contribution < 1.29 is 0 Å². The van der Waals surface area contributed by atoms with Crippen molar-refractivity contribution in [1.82, 2.24) is 0 Å². The molecular weight excluding hydrogens is 601 g/mol. The molecule has 0 aliphatic carbocycles. The fourth-order valence-corrected chi connectivity index (χ4v) is 8.49. The molecule has 0 nitrogen and oxygen atoms in total. The third-order valence-electron chi connectivity index (χ3n) is 12.1. The van der Waals surface area contributed by atoms with Gasteiger partial charge in [-0.05, 0) is 5.92 Å². The van der Waals surface area contributed by atoms with Crippen LogP contribution in [0.4, 0.5) is 0 Å². The highest BCUT2D eigenvalue weighted by Crippen LogP contribution is 2.25. The number of unbranched alkanes of at least 4 members (excludes halogenated alkanes) is 40. The molecular formula is C50H102. The second-order valence-electron chi connectivity index (χ2n) is 17.4. The molecule has 50 heavy (non-hydrogen) atoms. The molecule has 0 spiro atoms. The third-order valence-corrected chi connectivity index (χ3v) is 12.1. The Labute approximate surface area is 321 Å². The zero-order chi connectivity index (χ0) is 36.1. The highest BCUT2D eigenvalue weighted by Gasteiger charge is 2.09. The summed E-state index contributed by atoms with van der Waals surface area (Å²) >= 11 is 0. The van der Waals surface area contributed by atoms with E-state index in [0.29, 0.717) is 0 Å². The third kappa shape index (κ3) is 44.2. The van der Waals surface area contributed by atoms with Gasteiger partial charge in [-0.25, -0.2) is 0 Å². The zero-order valence-corrected chi connectivity index (χ0v) is 36.1. The lowest BCUT2D eigenvalue weighted by Gasteiger charge is -2.17. The highest BCUT2D eigenvalue weighted by molar-refractivity contribution is 4.62.